The van der Waals surface area contributed by atoms with Gasteiger partial charge in [-0.3, -0.25) is 4.72 Å². The van der Waals surface area contributed by atoms with Crippen LogP contribution in [0.3, 0.4) is 0 Å². The normalized spacial score (nSPS) is 11.7. The standard InChI is InChI=1S/C14H12BrN3O2S/c15-9-1-4-11(5-2-9)18-21(19,20)14-8-17-13-6-3-10(16)7-12(13)14/h1-8,17-18H,16H2. The highest BCUT2D eigenvalue weighted by molar-refractivity contribution is 9.10. The summed E-state index contributed by atoms with van der Waals surface area (Å²) in [5.74, 6) is 0. The van der Waals surface area contributed by atoms with Gasteiger partial charge in [-0.1, -0.05) is 15.9 Å². The average Bonchev–Trinajstić information content (AvgIpc) is 2.85. The molecule has 0 spiro atoms. The Balaban J connectivity index is 2.04. The number of hydrogen-bond acceptors (Lipinski definition) is 3. The van der Waals surface area contributed by atoms with Gasteiger partial charge in [-0.15, -0.1) is 0 Å². The van der Waals surface area contributed by atoms with Crippen molar-refractivity contribution in [3.05, 3.63) is 53.1 Å². The van der Waals surface area contributed by atoms with E-state index in [0.29, 0.717) is 16.8 Å². The minimum atomic E-state index is -3.68. The Morgan fingerprint density at radius 2 is 1.81 bits per heavy atom. The predicted molar refractivity (Wildman–Crippen MR) is 87.7 cm³/mol. The summed E-state index contributed by atoms with van der Waals surface area (Å²) in [6.45, 7) is 0. The molecule has 0 saturated carbocycles. The number of H-pyrrole nitrogens is 1. The lowest BCUT2D eigenvalue weighted by molar-refractivity contribution is 0.602. The van der Waals surface area contributed by atoms with E-state index in [1.54, 1.807) is 42.5 Å². The summed E-state index contributed by atoms with van der Waals surface area (Å²) < 4.78 is 28.4. The van der Waals surface area contributed by atoms with Gasteiger partial charge in [-0.2, -0.15) is 0 Å². The first-order valence-corrected chi connectivity index (χ1v) is 8.38. The summed E-state index contributed by atoms with van der Waals surface area (Å²) in [7, 11) is -3.68. The SMILES string of the molecule is Nc1ccc2[nH]cc(S(=O)(=O)Nc3ccc(Br)cc3)c2c1. The van der Waals surface area contributed by atoms with Crippen LogP contribution >= 0.6 is 15.9 Å². The van der Waals surface area contributed by atoms with Crippen molar-refractivity contribution in [2.45, 2.75) is 4.90 Å². The van der Waals surface area contributed by atoms with E-state index in [-0.39, 0.29) is 4.90 Å². The molecule has 0 aliphatic rings. The monoisotopic (exact) mass is 365 g/mol. The van der Waals surface area contributed by atoms with Crippen molar-refractivity contribution in [1.29, 1.82) is 0 Å². The molecule has 7 heteroatoms. The van der Waals surface area contributed by atoms with E-state index in [0.717, 1.165) is 9.99 Å². The topological polar surface area (TPSA) is 88.0 Å². The van der Waals surface area contributed by atoms with Gasteiger partial charge >= 0.3 is 0 Å². The largest absolute Gasteiger partial charge is 0.399 e. The first kappa shape index (κ1) is 14.0. The molecule has 5 nitrogen and oxygen atoms in total. The van der Waals surface area contributed by atoms with Crippen LogP contribution in [0.25, 0.3) is 10.9 Å². The van der Waals surface area contributed by atoms with E-state index < -0.39 is 10.0 Å². The van der Waals surface area contributed by atoms with E-state index >= 15 is 0 Å². The molecular weight excluding hydrogens is 354 g/mol. The number of benzene rings is 2. The van der Waals surface area contributed by atoms with Crippen molar-refractivity contribution < 1.29 is 8.42 Å². The minimum absolute atomic E-state index is 0.174. The van der Waals surface area contributed by atoms with E-state index in [9.17, 15) is 8.42 Å². The van der Waals surface area contributed by atoms with Crippen molar-refractivity contribution in [2.24, 2.45) is 0 Å². The van der Waals surface area contributed by atoms with Gasteiger partial charge in [0, 0.05) is 32.9 Å². The molecule has 1 aromatic heterocycles. The number of aromatic nitrogens is 1. The molecule has 0 unspecified atom stereocenters. The second-order valence-electron chi connectivity index (χ2n) is 4.57. The second kappa shape index (κ2) is 5.09. The van der Waals surface area contributed by atoms with Crippen molar-refractivity contribution in [3.8, 4) is 0 Å². The Morgan fingerprint density at radius 1 is 1.10 bits per heavy atom. The maximum atomic E-state index is 12.5. The van der Waals surface area contributed by atoms with Crippen molar-refractivity contribution in [3.63, 3.8) is 0 Å². The van der Waals surface area contributed by atoms with Crippen LogP contribution in [-0.4, -0.2) is 13.4 Å². The molecule has 4 N–H and O–H groups in total. The molecule has 2 aromatic carbocycles. The van der Waals surface area contributed by atoms with Crippen LogP contribution in [0.4, 0.5) is 11.4 Å². The van der Waals surface area contributed by atoms with E-state index in [1.807, 2.05) is 0 Å². The number of rotatable bonds is 3. The van der Waals surface area contributed by atoms with E-state index in [2.05, 4.69) is 25.6 Å². The highest BCUT2D eigenvalue weighted by atomic mass is 79.9. The molecule has 3 rings (SSSR count). The highest BCUT2D eigenvalue weighted by Crippen LogP contribution is 2.26. The maximum Gasteiger partial charge on any atom is 0.264 e. The number of hydrogen-bond donors (Lipinski definition) is 3. The quantitative estimate of drug-likeness (QED) is 0.622. The molecule has 108 valence electrons. The van der Waals surface area contributed by atoms with Crippen LogP contribution in [0.15, 0.2) is 58.0 Å². The zero-order chi connectivity index (χ0) is 15.0. The fourth-order valence-corrected chi connectivity index (χ4v) is 3.56. The smallest absolute Gasteiger partial charge is 0.264 e. The minimum Gasteiger partial charge on any atom is -0.399 e. The van der Waals surface area contributed by atoms with Crippen LogP contribution in [-0.2, 0) is 10.0 Å². The summed E-state index contributed by atoms with van der Waals surface area (Å²) in [6, 6.07) is 12.0. The third-order valence-corrected chi connectivity index (χ3v) is 5.00. The fourth-order valence-electron chi connectivity index (χ4n) is 2.06. The number of aromatic amines is 1. The molecule has 0 aliphatic carbocycles. The summed E-state index contributed by atoms with van der Waals surface area (Å²) in [4.78, 5) is 3.11. The zero-order valence-corrected chi connectivity index (χ0v) is 13.2. The van der Waals surface area contributed by atoms with Gasteiger partial charge < -0.3 is 10.7 Å². The molecule has 0 saturated heterocycles. The summed E-state index contributed by atoms with van der Waals surface area (Å²) in [6.07, 6.45) is 1.46. The van der Waals surface area contributed by atoms with Gasteiger partial charge in [-0.25, -0.2) is 8.42 Å². The third-order valence-electron chi connectivity index (χ3n) is 3.05. The van der Waals surface area contributed by atoms with Gasteiger partial charge in [0.15, 0.2) is 0 Å². The molecular formula is C14H12BrN3O2S. The van der Waals surface area contributed by atoms with Gasteiger partial charge in [-0.05, 0) is 42.5 Å². The molecule has 21 heavy (non-hydrogen) atoms. The second-order valence-corrected chi connectivity index (χ2v) is 7.14. The third kappa shape index (κ3) is 2.74. The van der Waals surface area contributed by atoms with Crippen molar-refractivity contribution >= 4 is 48.2 Å². The van der Waals surface area contributed by atoms with Crippen LogP contribution < -0.4 is 10.5 Å². The van der Waals surface area contributed by atoms with Crippen molar-refractivity contribution in [1.82, 2.24) is 4.98 Å². The Morgan fingerprint density at radius 3 is 2.52 bits per heavy atom. The maximum absolute atomic E-state index is 12.5. The Bertz CT molecular complexity index is 902. The van der Waals surface area contributed by atoms with Gasteiger partial charge in [0.05, 0.1) is 0 Å². The van der Waals surface area contributed by atoms with Gasteiger partial charge in [0.2, 0.25) is 0 Å². The predicted octanol–water partition coefficient (Wildman–Crippen LogP) is 3.31. The Hall–Kier alpha value is -1.99. The highest BCUT2D eigenvalue weighted by Gasteiger charge is 2.19. The van der Waals surface area contributed by atoms with Crippen LogP contribution in [0.5, 0.6) is 0 Å². The summed E-state index contributed by atoms with van der Waals surface area (Å²) in [5, 5.41) is 0.569. The lowest BCUT2D eigenvalue weighted by Crippen LogP contribution is -2.12. The first-order chi connectivity index (χ1) is 9.95. The fraction of sp³-hybridized carbons (Fsp3) is 0. The van der Waals surface area contributed by atoms with Crippen molar-refractivity contribution in [2.75, 3.05) is 10.5 Å². The molecule has 1 heterocycles. The number of nitrogen functional groups attached to an aromatic ring is 1. The number of nitrogens with one attached hydrogen (secondary N) is 2. The lowest BCUT2D eigenvalue weighted by Gasteiger charge is -2.07. The zero-order valence-electron chi connectivity index (χ0n) is 10.8. The number of fused-ring (bicyclic) bond motifs is 1. The van der Waals surface area contributed by atoms with Crippen LogP contribution in [0.1, 0.15) is 0 Å². The molecule has 0 radical (unpaired) electrons. The number of sulfonamides is 1. The number of nitrogens with two attached hydrogens (primary N) is 1. The van der Waals surface area contributed by atoms with Crippen LogP contribution in [0, 0.1) is 0 Å². The molecule has 0 fully saturated rings. The number of anilines is 2. The molecule has 0 aliphatic heterocycles. The summed E-state index contributed by atoms with van der Waals surface area (Å²) in [5.41, 5.74) is 7.47. The molecule has 3 aromatic rings. The molecule has 0 bridgehead atoms. The van der Waals surface area contributed by atoms with Gasteiger partial charge in [0.1, 0.15) is 4.90 Å². The van der Waals surface area contributed by atoms with E-state index in [1.165, 1.54) is 6.20 Å². The Kier molecular flexibility index (Phi) is 3.38. The van der Waals surface area contributed by atoms with Gasteiger partial charge in [0.25, 0.3) is 10.0 Å². The van der Waals surface area contributed by atoms with E-state index in [4.69, 9.17) is 5.73 Å². The summed E-state index contributed by atoms with van der Waals surface area (Å²) >= 11 is 3.31. The number of halogens is 1. The average molecular weight is 366 g/mol. The van der Waals surface area contributed by atoms with Crippen LogP contribution in [0.2, 0.25) is 0 Å². The lowest BCUT2D eigenvalue weighted by atomic mass is 10.2. The Labute approximate surface area is 130 Å². The molecule has 0 amide bonds. The molecule has 0 atom stereocenters. The first-order valence-electron chi connectivity index (χ1n) is 6.11.